The van der Waals surface area contributed by atoms with Gasteiger partial charge in [0.2, 0.25) is 0 Å². The van der Waals surface area contributed by atoms with E-state index in [-0.39, 0.29) is 0 Å². The van der Waals surface area contributed by atoms with Crippen molar-refractivity contribution in [3.8, 4) is 0 Å². The fourth-order valence-electron chi connectivity index (χ4n) is 3.24. The average Bonchev–Trinajstić information content (AvgIpc) is 2.38. The van der Waals surface area contributed by atoms with E-state index in [4.69, 9.17) is 4.74 Å². The Hall–Kier alpha value is -0.0800. The van der Waals surface area contributed by atoms with Gasteiger partial charge in [0, 0.05) is 12.6 Å². The maximum absolute atomic E-state index is 6.16. The van der Waals surface area contributed by atoms with Crippen LogP contribution in [0.15, 0.2) is 0 Å². The molecule has 0 radical (unpaired) electrons. The number of rotatable bonds is 4. The summed E-state index contributed by atoms with van der Waals surface area (Å²) >= 11 is 0. The highest BCUT2D eigenvalue weighted by Crippen LogP contribution is 2.26. The fourth-order valence-corrected chi connectivity index (χ4v) is 3.24. The summed E-state index contributed by atoms with van der Waals surface area (Å²) in [5, 5.41) is 3.42. The van der Waals surface area contributed by atoms with E-state index in [9.17, 15) is 0 Å². The van der Waals surface area contributed by atoms with Crippen LogP contribution in [-0.2, 0) is 4.74 Å². The van der Waals surface area contributed by atoms with Crippen molar-refractivity contribution in [1.29, 1.82) is 0 Å². The highest BCUT2D eigenvalue weighted by molar-refractivity contribution is 4.81. The Bertz CT molecular complexity index is 189. The van der Waals surface area contributed by atoms with E-state index in [1.165, 1.54) is 57.8 Å². The highest BCUT2D eigenvalue weighted by Gasteiger charge is 2.25. The molecule has 2 fully saturated rings. The lowest BCUT2D eigenvalue weighted by atomic mass is 9.89. The van der Waals surface area contributed by atoms with Crippen molar-refractivity contribution in [3.05, 3.63) is 0 Å². The van der Waals surface area contributed by atoms with E-state index in [0.29, 0.717) is 12.1 Å². The molecule has 2 nitrogen and oxygen atoms in total. The fraction of sp³-hybridized carbons (Fsp3) is 1.00. The molecule has 2 rings (SSSR count). The third kappa shape index (κ3) is 3.46. The lowest BCUT2D eigenvalue weighted by Gasteiger charge is -2.33. The lowest BCUT2D eigenvalue weighted by Crippen LogP contribution is -2.42. The first kappa shape index (κ1) is 12.4. The molecule has 2 heteroatoms. The van der Waals surface area contributed by atoms with E-state index >= 15 is 0 Å². The Morgan fingerprint density at radius 2 is 1.62 bits per heavy atom. The predicted molar refractivity (Wildman–Crippen MR) is 67.6 cm³/mol. The van der Waals surface area contributed by atoms with Crippen molar-refractivity contribution in [2.24, 2.45) is 5.92 Å². The molecule has 2 unspecified atom stereocenters. The molecule has 0 amide bonds. The van der Waals surface area contributed by atoms with Crippen molar-refractivity contribution >= 4 is 0 Å². The monoisotopic (exact) mass is 225 g/mol. The van der Waals surface area contributed by atoms with Gasteiger partial charge in [0.15, 0.2) is 0 Å². The smallest absolute Gasteiger partial charge is 0.0728 e. The van der Waals surface area contributed by atoms with Gasteiger partial charge >= 0.3 is 0 Å². The van der Waals surface area contributed by atoms with Gasteiger partial charge in [0.25, 0.3) is 0 Å². The van der Waals surface area contributed by atoms with E-state index < -0.39 is 0 Å². The summed E-state index contributed by atoms with van der Waals surface area (Å²) < 4.78 is 6.16. The summed E-state index contributed by atoms with van der Waals surface area (Å²) in [6, 6.07) is 0.609. The van der Waals surface area contributed by atoms with Crippen LogP contribution in [0.5, 0.6) is 0 Å². The Labute approximate surface area is 100 Å². The second-order valence-electron chi connectivity index (χ2n) is 5.56. The molecular weight excluding hydrogens is 198 g/mol. The molecule has 94 valence electrons. The van der Waals surface area contributed by atoms with Gasteiger partial charge in [0.1, 0.15) is 0 Å². The molecule has 2 aliphatic carbocycles. The first-order valence-corrected chi connectivity index (χ1v) is 7.19. The van der Waals surface area contributed by atoms with Crippen LogP contribution < -0.4 is 5.32 Å². The van der Waals surface area contributed by atoms with Gasteiger partial charge in [-0.1, -0.05) is 32.1 Å². The first-order chi connectivity index (χ1) is 7.90. The Balaban J connectivity index is 1.70. The van der Waals surface area contributed by atoms with Crippen molar-refractivity contribution in [1.82, 2.24) is 5.32 Å². The zero-order valence-corrected chi connectivity index (χ0v) is 10.7. The minimum atomic E-state index is 0.487. The van der Waals surface area contributed by atoms with Gasteiger partial charge in [-0.3, -0.25) is 0 Å². The number of likely N-dealkylation sites (N-methyl/N-ethyl adjacent to an activating group) is 1. The summed E-state index contributed by atoms with van der Waals surface area (Å²) in [5.74, 6) is 0.855. The van der Waals surface area contributed by atoms with Crippen LogP contribution in [0.3, 0.4) is 0 Å². The van der Waals surface area contributed by atoms with E-state index in [0.717, 1.165) is 12.5 Å². The van der Waals surface area contributed by atoms with Crippen molar-refractivity contribution in [2.75, 3.05) is 13.7 Å². The number of hydrogen-bond donors (Lipinski definition) is 1. The van der Waals surface area contributed by atoms with Crippen LogP contribution in [0.25, 0.3) is 0 Å². The van der Waals surface area contributed by atoms with Gasteiger partial charge in [-0.2, -0.15) is 0 Å². The number of ether oxygens (including phenoxy) is 1. The summed E-state index contributed by atoms with van der Waals surface area (Å²) in [7, 11) is 2.08. The molecule has 0 spiro atoms. The molecule has 2 atom stereocenters. The van der Waals surface area contributed by atoms with Crippen LogP contribution in [0.1, 0.15) is 57.8 Å². The SMILES string of the molecule is CNC1CCCCC1OCC1CCCCC1. The van der Waals surface area contributed by atoms with E-state index in [2.05, 4.69) is 12.4 Å². The molecule has 2 saturated carbocycles. The largest absolute Gasteiger partial charge is 0.376 e. The molecule has 0 aliphatic heterocycles. The third-order valence-corrected chi connectivity index (χ3v) is 4.34. The van der Waals surface area contributed by atoms with Crippen LogP contribution in [0.2, 0.25) is 0 Å². The van der Waals surface area contributed by atoms with Crippen LogP contribution >= 0.6 is 0 Å². The molecule has 0 aromatic rings. The van der Waals surface area contributed by atoms with Crippen molar-refractivity contribution in [3.63, 3.8) is 0 Å². The highest BCUT2D eigenvalue weighted by atomic mass is 16.5. The average molecular weight is 225 g/mol. The lowest BCUT2D eigenvalue weighted by molar-refractivity contribution is -0.0162. The minimum Gasteiger partial charge on any atom is -0.376 e. The molecule has 0 bridgehead atoms. The second kappa shape index (κ2) is 6.61. The molecule has 2 aliphatic rings. The summed E-state index contributed by atoms with van der Waals surface area (Å²) in [6.07, 6.45) is 12.9. The zero-order valence-electron chi connectivity index (χ0n) is 10.7. The maximum atomic E-state index is 6.16. The Kier molecular flexibility index (Phi) is 5.11. The molecule has 0 aromatic heterocycles. The van der Waals surface area contributed by atoms with E-state index in [1.807, 2.05) is 0 Å². The standard InChI is InChI=1S/C14H27NO/c1-15-13-9-5-6-10-14(13)16-11-12-7-3-2-4-8-12/h12-15H,2-11H2,1H3. The van der Waals surface area contributed by atoms with Crippen LogP contribution in [0.4, 0.5) is 0 Å². The van der Waals surface area contributed by atoms with E-state index in [1.54, 1.807) is 0 Å². The quantitative estimate of drug-likeness (QED) is 0.794. The summed E-state index contributed by atoms with van der Waals surface area (Å²) in [6.45, 7) is 1.02. The predicted octanol–water partition coefficient (Wildman–Crippen LogP) is 3.11. The first-order valence-electron chi connectivity index (χ1n) is 7.19. The molecule has 0 aromatic carbocycles. The molecular formula is C14H27NO. The number of nitrogens with one attached hydrogen (secondary N) is 1. The molecule has 16 heavy (non-hydrogen) atoms. The maximum Gasteiger partial charge on any atom is 0.0728 e. The van der Waals surface area contributed by atoms with Crippen LogP contribution in [0, 0.1) is 5.92 Å². The second-order valence-corrected chi connectivity index (χ2v) is 5.56. The van der Waals surface area contributed by atoms with Gasteiger partial charge in [-0.25, -0.2) is 0 Å². The van der Waals surface area contributed by atoms with Gasteiger partial charge in [-0.15, -0.1) is 0 Å². The third-order valence-electron chi connectivity index (χ3n) is 4.34. The zero-order chi connectivity index (χ0) is 11.2. The van der Waals surface area contributed by atoms with Crippen LogP contribution in [-0.4, -0.2) is 25.8 Å². The normalized spacial score (nSPS) is 32.8. The molecule has 1 N–H and O–H groups in total. The topological polar surface area (TPSA) is 21.3 Å². The van der Waals surface area contributed by atoms with Gasteiger partial charge < -0.3 is 10.1 Å². The van der Waals surface area contributed by atoms with Crippen molar-refractivity contribution in [2.45, 2.75) is 69.9 Å². The number of hydrogen-bond acceptors (Lipinski definition) is 2. The summed E-state index contributed by atoms with van der Waals surface area (Å²) in [4.78, 5) is 0. The Morgan fingerprint density at radius 1 is 0.938 bits per heavy atom. The van der Waals surface area contributed by atoms with Gasteiger partial charge in [0.05, 0.1) is 6.10 Å². The van der Waals surface area contributed by atoms with Gasteiger partial charge in [-0.05, 0) is 38.6 Å². The minimum absolute atomic E-state index is 0.487. The molecule has 0 saturated heterocycles. The van der Waals surface area contributed by atoms with Crippen molar-refractivity contribution < 1.29 is 4.74 Å². The Morgan fingerprint density at radius 3 is 2.38 bits per heavy atom. The summed E-state index contributed by atoms with van der Waals surface area (Å²) in [5.41, 5.74) is 0. The molecule has 0 heterocycles.